The topological polar surface area (TPSA) is 94.8 Å². The van der Waals surface area contributed by atoms with E-state index in [1.165, 1.54) is 21.7 Å². The molecular weight excluding hydrogens is 478 g/mol. The van der Waals surface area contributed by atoms with Crippen LogP contribution in [0.25, 0.3) is 11.0 Å². The number of benzene rings is 3. The van der Waals surface area contributed by atoms with Crippen molar-refractivity contribution in [3.05, 3.63) is 111 Å². The van der Waals surface area contributed by atoms with Crippen LogP contribution in [0.1, 0.15) is 33.3 Å². The number of rotatable bonds is 6. The molecular formula is C27H19N3O5S. The number of hydrogen-bond donors (Lipinski definition) is 0. The lowest BCUT2D eigenvalue weighted by atomic mass is 9.98. The lowest BCUT2D eigenvalue weighted by Crippen LogP contribution is -2.29. The fourth-order valence-corrected chi connectivity index (χ4v) is 5.00. The molecule has 0 saturated heterocycles. The first-order chi connectivity index (χ1) is 17.7. The van der Waals surface area contributed by atoms with E-state index in [-0.39, 0.29) is 16.8 Å². The quantitative estimate of drug-likeness (QED) is 0.326. The maximum absolute atomic E-state index is 13.6. The highest BCUT2D eigenvalue weighted by atomic mass is 32.1. The van der Waals surface area contributed by atoms with Crippen molar-refractivity contribution in [2.45, 2.75) is 12.6 Å². The number of anilines is 1. The molecule has 1 unspecified atom stereocenters. The highest BCUT2D eigenvalue weighted by Crippen LogP contribution is 2.43. The molecule has 6 rings (SSSR count). The Morgan fingerprint density at radius 3 is 2.58 bits per heavy atom. The normalized spacial score (nSPS) is 14.8. The number of ether oxygens (including phenoxy) is 2. The SMILES string of the molecule is COc1cc(C2c3c(oc4ccccc4c3=O)C(=O)N2c2nncs2)ccc1OCc1ccccc1. The molecule has 178 valence electrons. The van der Waals surface area contributed by atoms with Gasteiger partial charge in [-0.25, -0.2) is 0 Å². The van der Waals surface area contributed by atoms with Gasteiger partial charge in [0.2, 0.25) is 10.9 Å². The Morgan fingerprint density at radius 2 is 1.81 bits per heavy atom. The molecule has 0 radical (unpaired) electrons. The summed E-state index contributed by atoms with van der Waals surface area (Å²) in [4.78, 5) is 28.6. The third-order valence-corrected chi connectivity index (χ3v) is 6.76. The number of hydrogen-bond acceptors (Lipinski definition) is 8. The number of nitrogens with zero attached hydrogens (tertiary/aromatic N) is 3. The van der Waals surface area contributed by atoms with Crippen LogP contribution in [0.5, 0.6) is 11.5 Å². The van der Waals surface area contributed by atoms with Gasteiger partial charge in [0.1, 0.15) is 17.7 Å². The van der Waals surface area contributed by atoms with Crippen molar-refractivity contribution in [1.29, 1.82) is 0 Å². The Labute approximate surface area is 209 Å². The summed E-state index contributed by atoms with van der Waals surface area (Å²) < 4.78 is 17.6. The molecule has 0 fully saturated rings. The van der Waals surface area contributed by atoms with Crippen LogP contribution in [0, 0.1) is 0 Å². The minimum absolute atomic E-state index is 0.00210. The predicted octanol–water partition coefficient (Wildman–Crippen LogP) is 4.98. The van der Waals surface area contributed by atoms with Gasteiger partial charge in [0.05, 0.1) is 24.1 Å². The van der Waals surface area contributed by atoms with Gasteiger partial charge in [0, 0.05) is 0 Å². The number of carbonyl (C=O) groups is 1. The minimum atomic E-state index is -0.765. The second kappa shape index (κ2) is 8.94. The van der Waals surface area contributed by atoms with Crippen molar-refractivity contribution in [3.8, 4) is 11.5 Å². The standard InChI is InChI=1S/C27H19N3O5S/c1-33-21-13-17(11-12-20(21)34-14-16-7-3-2-4-8-16)23-22-24(31)18-9-5-6-10-19(18)35-25(22)26(32)30(23)27-29-28-15-36-27/h2-13,15,23H,14H2,1H3. The van der Waals surface area contributed by atoms with Crippen LogP contribution in [0.2, 0.25) is 0 Å². The summed E-state index contributed by atoms with van der Waals surface area (Å²) in [5, 5.41) is 8.77. The summed E-state index contributed by atoms with van der Waals surface area (Å²) in [6.45, 7) is 0.369. The van der Waals surface area contributed by atoms with E-state index in [9.17, 15) is 9.59 Å². The van der Waals surface area contributed by atoms with Gasteiger partial charge in [0.15, 0.2) is 16.9 Å². The summed E-state index contributed by atoms with van der Waals surface area (Å²) in [5.41, 5.74) is 3.56. The molecule has 3 heterocycles. The zero-order valence-corrected chi connectivity index (χ0v) is 19.9. The van der Waals surface area contributed by atoms with Crippen LogP contribution in [0.3, 0.4) is 0 Å². The Balaban J connectivity index is 1.47. The first kappa shape index (κ1) is 22.0. The van der Waals surface area contributed by atoms with Gasteiger partial charge in [-0.05, 0) is 35.4 Å². The predicted molar refractivity (Wildman–Crippen MR) is 135 cm³/mol. The summed E-state index contributed by atoms with van der Waals surface area (Å²) in [7, 11) is 1.55. The van der Waals surface area contributed by atoms with Gasteiger partial charge in [-0.2, -0.15) is 0 Å². The van der Waals surface area contributed by atoms with Crippen molar-refractivity contribution in [2.75, 3.05) is 12.0 Å². The lowest BCUT2D eigenvalue weighted by molar-refractivity contribution is 0.0970. The van der Waals surface area contributed by atoms with E-state index in [1.807, 2.05) is 36.4 Å². The zero-order chi connectivity index (χ0) is 24.6. The number of aromatic nitrogens is 2. The zero-order valence-electron chi connectivity index (χ0n) is 19.1. The van der Waals surface area contributed by atoms with E-state index in [2.05, 4.69) is 10.2 Å². The molecule has 0 N–H and O–H groups in total. The molecule has 1 aliphatic rings. The van der Waals surface area contributed by atoms with Crippen LogP contribution in [-0.4, -0.2) is 23.2 Å². The third-order valence-electron chi connectivity index (χ3n) is 6.07. The molecule has 9 heteroatoms. The number of amides is 1. The van der Waals surface area contributed by atoms with E-state index < -0.39 is 11.9 Å². The number of para-hydroxylation sites is 1. The van der Waals surface area contributed by atoms with E-state index in [4.69, 9.17) is 13.9 Å². The van der Waals surface area contributed by atoms with Crippen molar-refractivity contribution < 1.29 is 18.7 Å². The maximum Gasteiger partial charge on any atom is 0.297 e. The van der Waals surface area contributed by atoms with Crippen molar-refractivity contribution in [2.24, 2.45) is 0 Å². The first-order valence-corrected chi connectivity index (χ1v) is 12.0. The van der Waals surface area contributed by atoms with Gasteiger partial charge < -0.3 is 13.9 Å². The molecule has 0 bridgehead atoms. The van der Waals surface area contributed by atoms with Crippen molar-refractivity contribution in [1.82, 2.24) is 10.2 Å². The average Bonchev–Trinajstić information content (AvgIpc) is 3.55. The maximum atomic E-state index is 13.6. The fourth-order valence-electron chi connectivity index (χ4n) is 4.41. The second-order valence-electron chi connectivity index (χ2n) is 8.15. The fraction of sp³-hybridized carbons (Fsp3) is 0.111. The molecule has 36 heavy (non-hydrogen) atoms. The van der Waals surface area contributed by atoms with Crippen LogP contribution in [0.15, 0.2) is 87.5 Å². The van der Waals surface area contributed by atoms with E-state index >= 15 is 0 Å². The molecule has 1 atom stereocenters. The number of carbonyl (C=O) groups excluding carboxylic acids is 1. The van der Waals surface area contributed by atoms with E-state index in [0.717, 1.165) is 5.56 Å². The molecule has 3 aromatic carbocycles. The summed E-state index contributed by atoms with van der Waals surface area (Å²) in [5.74, 6) is 0.578. The summed E-state index contributed by atoms with van der Waals surface area (Å²) >= 11 is 1.21. The molecule has 0 aliphatic carbocycles. The third kappa shape index (κ3) is 3.61. The van der Waals surface area contributed by atoms with E-state index in [0.29, 0.717) is 39.8 Å². The summed E-state index contributed by atoms with van der Waals surface area (Å²) in [6.07, 6.45) is 0. The molecule has 1 aliphatic heterocycles. The highest BCUT2D eigenvalue weighted by molar-refractivity contribution is 7.13. The van der Waals surface area contributed by atoms with Gasteiger partial charge in [-0.1, -0.05) is 59.9 Å². The number of methoxy groups -OCH3 is 1. The van der Waals surface area contributed by atoms with Crippen LogP contribution in [-0.2, 0) is 6.61 Å². The molecule has 2 aromatic heterocycles. The number of fused-ring (bicyclic) bond motifs is 2. The molecule has 0 spiro atoms. The Hall–Kier alpha value is -4.50. The van der Waals surface area contributed by atoms with Crippen LogP contribution in [0.4, 0.5) is 5.13 Å². The molecule has 8 nitrogen and oxygen atoms in total. The lowest BCUT2D eigenvalue weighted by Gasteiger charge is -2.23. The van der Waals surface area contributed by atoms with E-state index in [1.54, 1.807) is 43.5 Å². The van der Waals surface area contributed by atoms with Gasteiger partial charge in [-0.15, -0.1) is 10.2 Å². The average molecular weight is 498 g/mol. The molecule has 0 saturated carbocycles. The Morgan fingerprint density at radius 1 is 1.00 bits per heavy atom. The highest BCUT2D eigenvalue weighted by Gasteiger charge is 2.45. The second-order valence-corrected chi connectivity index (χ2v) is 8.97. The Kier molecular flexibility index (Phi) is 5.46. The minimum Gasteiger partial charge on any atom is -0.493 e. The Bertz CT molecular complexity index is 1630. The van der Waals surface area contributed by atoms with Gasteiger partial charge >= 0.3 is 0 Å². The smallest absolute Gasteiger partial charge is 0.297 e. The van der Waals surface area contributed by atoms with Crippen LogP contribution < -0.4 is 19.8 Å². The van der Waals surface area contributed by atoms with Gasteiger partial charge in [0.25, 0.3) is 5.91 Å². The summed E-state index contributed by atoms with van der Waals surface area (Å²) in [6, 6.07) is 21.3. The first-order valence-electron chi connectivity index (χ1n) is 11.2. The molecule has 1 amide bonds. The van der Waals surface area contributed by atoms with Crippen LogP contribution >= 0.6 is 11.3 Å². The van der Waals surface area contributed by atoms with Gasteiger partial charge in [-0.3, -0.25) is 14.5 Å². The monoisotopic (exact) mass is 497 g/mol. The largest absolute Gasteiger partial charge is 0.493 e. The molecule has 5 aromatic rings. The van der Waals surface area contributed by atoms with Crippen molar-refractivity contribution >= 4 is 33.3 Å². The van der Waals surface area contributed by atoms with Crippen molar-refractivity contribution in [3.63, 3.8) is 0 Å².